The van der Waals surface area contributed by atoms with Gasteiger partial charge in [0.25, 0.3) is 17.5 Å². The zero-order valence-corrected chi connectivity index (χ0v) is 19.2. The summed E-state index contributed by atoms with van der Waals surface area (Å²) in [5, 5.41) is 11.3. The van der Waals surface area contributed by atoms with Crippen molar-refractivity contribution >= 4 is 23.4 Å². The van der Waals surface area contributed by atoms with Crippen molar-refractivity contribution in [1.29, 1.82) is 0 Å². The van der Waals surface area contributed by atoms with Crippen molar-refractivity contribution in [3.63, 3.8) is 0 Å². The van der Waals surface area contributed by atoms with Crippen molar-refractivity contribution in [1.82, 2.24) is 9.80 Å². The first-order chi connectivity index (χ1) is 16.3. The van der Waals surface area contributed by atoms with Gasteiger partial charge in [0.05, 0.1) is 17.6 Å². The Bertz CT molecular complexity index is 1120. The molecule has 1 atom stereocenters. The molecule has 0 aromatic heterocycles. The van der Waals surface area contributed by atoms with Crippen molar-refractivity contribution in [2.45, 2.75) is 38.6 Å². The minimum Gasteiger partial charge on any atom is -0.497 e. The van der Waals surface area contributed by atoms with E-state index >= 15 is 0 Å². The second kappa shape index (κ2) is 9.62. The highest BCUT2D eigenvalue weighted by molar-refractivity contribution is 6.24. The maximum absolute atomic E-state index is 13.1. The summed E-state index contributed by atoms with van der Waals surface area (Å²) in [6.45, 7) is 2.62. The van der Waals surface area contributed by atoms with E-state index in [1.807, 2.05) is 12.1 Å². The Hall–Kier alpha value is -3.75. The number of piperidine rings is 1. The Morgan fingerprint density at radius 3 is 2.41 bits per heavy atom. The number of hydrogen-bond acceptors (Lipinski definition) is 6. The van der Waals surface area contributed by atoms with Gasteiger partial charge in [-0.25, -0.2) is 0 Å². The number of nitro groups is 1. The summed E-state index contributed by atoms with van der Waals surface area (Å²) in [7, 11) is 1.64. The average Bonchev–Trinajstić information content (AvgIpc) is 3.12. The highest BCUT2D eigenvalue weighted by atomic mass is 16.6. The molecular weight excluding hydrogens is 438 g/mol. The topological polar surface area (TPSA) is 110 Å². The number of nitrogens with zero attached hydrogens (tertiary/aromatic N) is 3. The fourth-order valence-corrected chi connectivity index (χ4v) is 4.77. The van der Waals surface area contributed by atoms with E-state index < -0.39 is 28.5 Å². The zero-order valence-electron chi connectivity index (χ0n) is 19.2. The Morgan fingerprint density at radius 2 is 1.79 bits per heavy atom. The van der Waals surface area contributed by atoms with Gasteiger partial charge >= 0.3 is 0 Å². The van der Waals surface area contributed by atoms with Crippen molar-refractivity contribution in [2.24, 2.45) is 5.92 Å². The van der Waals surface area contributed by atoms with Crippen LogP contribution in [0.25, 0.3) is 0 Å². The van der Waals surface area contributed by atoms with Gasteiger partial charge in [0.1, 0.15) is 17.4 Å². The van der Waals surface area contributed by atoms with Crippen LogP contribution >= 0.6 is 0 Å². The van der Waals surface area contributed by atoms with Crippen LogP contribution in [0.3, 0.4) is 0 Å². The number of ether oxygens (including phenoxy) is 1. The van der Waals surface area contributed by atoms with Gasteiger partial charge in [-0.2, -0.15) is 0 Å². The third-order valence-corrected chi connectivity index (χ3v) is 6.79. The second-order valence-corrected chi connectivity index (χ2v) is 8.77. The van der Waals surface area contributed by atoms with Gasteiger partial charge < -0.3 is 9.64 Å². The highest BCUT2D eigenvalue weighted by Crippen LogP contribution is 2.32. The first-order valence-electron chi connectivity index (χ1n) is 11.4. The lowest BCUT2D eigenvalue weighted by Gasteiger charge is -2.35. The van der Waals surface area contributed by atoms with Crippen molar-refractivity contribution in [3.05, 3.63) is 69.3 Å². The quantitative estimate of drug-likeness (QED) is 0.352. The average molecular weight is 466 g/mol. The molecule has 4 rings (SSSR count). The van der Waals surface area contributed by atoms with Crippen LogP contribution < -0.4 is 4.74 Å². The monoisotopic (exact) mass is 465 g/mol. The summed E-state index contributed by atoms with van der Waals surface area (Å²) >= 11 is 0. The minimum atomic E-state index is -1.03. The number of methoxy groups -OCH3 is 1. The molecule has 0 aliphatic carbocycles. The molecule has 0 N–H and O–H groups in total. The number of likely N-dealkylation sites (tertiary alicyclic amines) is 1. The molecule has 9 heteroatoms. The summed E-state index contributed by atoms with van der Waals surface area (Å²) in [4.78, 5) is 52.0. The Labute approximate surface area is 197 Å². The fraction of sp³-hybridized carbons (Fsp3) is 0.400. The van der Waals surface area contributed by atoms with E-state index in [9.17, 15) is 24.5 Å². The van der Waals surface area contributed by atoms with Crippen LogP contribution in [-0.4, -0.2) is 58.7 Å². The number of hydrogen-bond donors (Lipinski definition) is 0. The number of carbonyl (C=O) groups excluding carboxylic acids is 3. The Morgan fingerprint density at radius 1 is 1.12 bits per heavy atom. The fourth-order valence-electron chi connectivity index (χ4n) is 4.77. The number of fused-ring (bicyclic) bond motifs is 1. The van der Waals surface area contributed by atoms with Crippen LogP contribution in [0.1, 0.15) is 52.5 Å². The maximum Gasteiger partial charge on any atom is 0.282 e. The summed E-state index contributed by atoms with van der Waals surface area (Å²) < 4.78 is 5.19. The summed E-state index contributed by atoms with van der Waals surface area (Å²) in [5.41, 5.74) is 0.550. The first kappa shape index (κ1) is 23.4. The van der Waals surface area contributed by atoms with Crippen LogP contribution in [0.2, 0.25) is 0 Å². The van der Waals surface area contributed by atoms with E-state index in [1.165, 1.54) is 30.7 Å². The third kappa shape index (κ3) is 4.37. The highest BCUT2D eigenvalue weighted by Gasteiger charge is 2.45. The van der Waals surface area contributed by atoms with Gasteiger partial charge in [-0.1, -0.05) is 18.2 Å². The number of amides is 3. The number of carbonyl (C=O) groups is 3. The maximum atomic E-state index is 13.1. The lowest BCUT2D eigenvalue weighted by atomic mass is 9.90. The molecule has 1 fully saturated rings. The van der Waals surface area contributed by atoms with E-state index in [2.05, 4.69) is 12.1 Å². The molecule has 2 heterocycles. The van der Waals surface area contributed by atoms with Gasteiger partial charge in [0.2, 0.25) is 5.91 Å². The Kier molecular flexibility index (Phi) is 6.63. The molecule has 178 valence electrons. The van der Waals surface area contributed by atoms with Crippen LogP contribution in [0, 0.1) is 16.0 Å². The summed E-state index contributed by atoms with van der Waals surface area (Å²) in [6.07, 6.45) is 3.67. The molecule has 9 nitrogen and oxygen atoms in total. The predicted molar refractivity (Wildman–Crippen MR) is 124 cm³/mol. The number of nitro benzene ring substituents is 1. The van der Waals surface area contributed by atoms with Gasteiger partial charge in [0, 0.05) is 19.2 Å². The van der Waals surface area contributed by atoms with Gasteiger partial charge in [0.15, 0.2) is 0 Å². The van der Waals surface area contributed by atoms with Gasteiger partial charge in [-0.15, -0.1) is 0 Å². The van der Waals surface area contributed by atoms with Crippen LogP contribution in [0.5, 0.6) is 5.75 Å². The molecule has 2 aromatic rings. The molecular formula is C25H27N3O6. The molecule has 0 unspecified atom stereocenters. The lowest BCUT2D eigenvalue weighted by molar-refractivity contribution is -0.385. The standard InChI is InChI=1S/C25H27N3O6/c1-16(27-24(30)20-4-3-5-21(28(32)33)22(20)25(27)31)23(29)26-14-12-18(13-15-26)7-6-17-8-10-19(34-2)11-9-17/h3-5,8-11,16,18H,6-7,12-15H2,1-2H3/t16-/m0/s1. The molecule has 34 heavy (non-hydrogen) atoms. The molecule has 3 amide bonds. The molecule has 2 aliphatic heterocycles. The van der Waals surface area contributed by atoms with E-state index in [4.69, 9.17) is 4.74 Å². The molecule has 0 radical (unpaired) electrons. The molecule has 1 saturated heterocycles. The smallest absolute Gasteiger partial charge is 0.282 e. The molecule has 2 aliphatic rings. The number of aryl methyl sites for hydroxylation is 1. The van der Waals surface area contributed by atoms with Gasteiger partial charge in [-0.05, 0) is 62.3 Å². The molecule has 0 spiro atoms. The van der Waals surface area contributed by atoms with Crippen LogP contribution in [0.15, 0.2) is 42.5 Å². The summed E-state index contributed by atoms with van der Waals surface area (Å²) in [5.74, 6) is -0.451. The predicted octanol–water partition coefficient (Wildman–Crippen LogP) is 3.46. The van der Waals surface area contributed by atoms with Crippen molar-refractivity contribution in [3.8, 4) is 5.75 Å². The SMILES string of the molecule is COc1ccc(CCC2CCN(C(=O)[C@H](C)N3C(=O)c4cccc([N+](=O)[O-])c4C3=O)CC2)cc1. The van der Waals surface area contributed by atoms with Gasteiger partial charge in [-0.3, -0.25) is 29.4 Å². The molecule has 2 aromatic carbocycles. The molecule has 0 saturated carbocycles. The second-order valence-electron chi connectivity index (χ2n) is 8.77. The van der Waals surface area contributed by atoms with Crippen LogP contribution in [-0.2, 0) is 11.2 Å². The lowest BCUT2D eigenvalue weighted by Crippen LogP contribution is -2.51. The van der Waals surface area contributed by atoms with Crippen LogP contribution in [0.4, 0.5) is 5.69 Å². The third-order valence-electron chi connectivity index (χ3n) is 6.79. The van der Waals surface area contributed by atoms with E-state index in [-0.39, 0.29) is 17.0 Å². The minimum absolute atomic E-state index is 0.0314. The summed E-state index contributed by atoms with van der Waals surface area (Å²) in [6, 6.07) is 10.9. The molecule has 0 bridgehead atoms. The number of imide groups is 1. The normalized spacial score (nSPS) is 17.0. The Balaban J connectivity index is 1.35. The van der Waals surface area contributed by atoms with E-state index in [0.29, 0.717) is 19.0 Å². The van der Waals surface area contributed by atoms with E-state index in [0.717, 1.165) is 36.3 Å². The number of rotatable bonds is 7. The van der Waals surface area contributed by atoms with Crippen molar-refractivity contribution < 1.29 is 24.0 Å². The first-order valence-corrected chi connectivity index (χ1v) is 11.4. The largest absolute Gasteiger partial charge is 0.497 e. The zero-order chi connectivity index (χ0) is 24.4. The van der Waals surface area contributed by atoms with Crippen molar-refractivity contribution in [2.75, 3.05) is 20.2 Å². The van der Waals surface area contributed by atoms with E-state index in [1.54, 1.807) is 12.0 Å². The number of benzene rings is 2.